The van der Waals surface area contributed by atoms with Gasteiger partial charge in [0.05, 0.1) is 0 Å². The highest BCUT2D eigenvalue weighted by Gasteiger charge is 2.10. The van der Waals surface area contributed by atoms with Crippen molar-refractivity contribution < 1.29 is 14.6 Å². The number of hydrogen-bond acceptors (Lipinski definition) is 3. The fourth-order valence-electron chi connectivity index (χ4n) is 1.61. The number of aromatic hydroxyl groups is 1. The van der Waals surface area contributed by atoms with E-state index in [0.29, 0.717) is 5.56 Å². The molecule has 2 aromatic rings. The van der Waals surface area contributed by atoms with Gasteiger partial charge < -0.3 is 9.84 Å². The summed E-state index contributed by atoms with van der Waals surface area (Å²) in [6.45, 7) is 1.30. The summed E-state index contributed by atoms with van der Waals surface area (Å²) in [7, 11) is 0. The molecule has 0 saturated heterocycles. The Morgan fingerprint density at radius 3 is 2.41 bits per heavy atom. The number of carbonyl (C=O) groups excluding carboxylic acids is 1. The molecule has 0 aliphatic carbocycles. The number of ether oxygens (including phenoxy) is 1. The first-order valence-corrected chi connectivity index (χ1v) is 5.24. The van der Waals surface area contributed by atoms with Gasteiger partial charge in [-0.05, 0) is 11.6 Å². The average Bonchev–Trinajstić information content (AvgIpc) is 2.32. The van der Waals surface area contributed by atoms with Crippen molar-refractivity contribution in [3.63, 3.8) is 0 Å². The Bertz CT molecular complexity index is 532. The Morgan fingerprint density at radius 1 is 1.06 bits per heavy atom. The van der Waals surface area contributed by atoms with Crippen molar-refractivity contribution in [2.45, 2.75) is 6.92 Å². The summed E-state index contributed by atoms with van der Waals surface area (Å²) in [5.41, 5.74) is 1.52. The summed E-state index contributed by atoms with van der Waals surface area (Å²) < 4.78 is 4.92. The molecule has 0 unspecified atom stereocenters. The quantitative estimate of drug-likeness (QED) is 0.635. The van der Waals surface area contributed by atoms with Crippen LogP contribution in [0.15, 0.2) is 48.5 Å². The van der Waals surface area contributed by atoms with Crippen molar-refractivity contribution in [1.82, 2.24) is 0 Å². The molecular weight excluding hydrogens is 216 g/mol. The second-order valence-electron chi connectivity index (χ2n) is 3.61. The first kappa shape index (κ1) is 11.2. The standard InChI is InChI=1S/C14H12O3/c1-10(15)17-13-9-5-8-12(14(13)16)11-6-3-2-4-7-11/h2-9,16H,1H3. The molecule has 17 heavy (non-hydrogen) atoms. The van der Waals surface area contributed by atoms with Crippen LogP contribution in [-0.4, -0.2) is 11.1 Å². The monoisotopic (exact) mass is 228 g/mol. The Balaban J connectivity index is 2.46. The van der Waals surface area contributed by atoms with Crippen LogP contribution in [0.5, 0.6) is 11.5 Å². The summed E-state index contributed by atoms with van der Waals surface area (Å²) >= 11 is 0. The molecule has 0 heterocycles. The number of phenols is 1. The average molecular weight is 228 g/mol. The van der Waals surface area contributed by atoms with E-state index in [9.17, 15) is 9.90 Å². The van der Waals surface area contributed by atoms with Crippen LogP contribution in [0.4, 0.5) is 0 Å². The maximum absolute atomic E-state index is 10.9. The number of hydrogen-bond donors (Lipinski definition) is 1. The molecule has 0 fully saturated rings. The minimum Gasteiger partial charge on any atom is -0.504 e. The largest absolute Gasteiger partial charge is 0.504 e. The van der Waals surface area contributed by atoms with Crippen molar-refractivity contribution in [3.8, 4) is 22.6 Å². The molecule has 0 aromatic heterocycles. The zero-order valence-electron chi connectivity index (χ0n) is 9.38. The summed E-state index contributed by atoms with van der Waals surface area (Å²) in [6.07, 6.45) is 0. The van der Waals surface area contributed by atoms with Crippen LogP contribution in [0.3, 0.4) is 0 Å². The van der Waals surface area contributed by atoms with E-state index in [4.69, 9.17) is 4.74 Å². The highest BCUT2D eigenvalue weighted by molar-refractivity contribution is 5.76. The molecule has 0 aliphatic rings. The van der Waals surface area contributed by atoms with Gasteiger partial charge in [0, 0.05) is 12.5 Å². The lowest BCUT2D eigenvalue weighted by molar-refractivity contribution is -0.132. The van der Waals surface area contributed by atoms with Gasteiger partial charge in [0.25, 0.3) is 0 Å². The molecule has 0 radical (unpaired) electrons. The minimum atomic E-state index is -0.453. The summed E-state index contributed by atoms with van der Waals surface area (Å²) in [5.74, 6) is -0.293. The number of rotatable bonds is 2. The molecule has 86 valence electrons. The van der Waals surface area contributed by atoms with E-state index >= 15 is 0 Å². The van der Waals surface area contributed by atoms with Crippen molar-refractivity contribution in [1.29, 1.82) is 0 Å². The third kappa shape index (κ3) is 2.45. The van der Waals surface area contributed by atoms with Crippen LogP contribution in [0.1, 0.15) is 6.92 Å². The number of carbonyl (C=O) groups is 1. The lowest BCUT2D eigenvalue weighted by Crippen LogP contribution is -2.01. The number of phenolic OH excluding ortho intramolecular Hbond substituents is 1. The van der Waals surface area contributed by atoms with Crippen molar-refractivity contribution in [2.24, 2.45) is 0 Å². The third-order valence-electron chi connectivity index (χ3n) is 2.34. The van der Waals surface area contributed by atoms with E-state index in [1.54, 1.807) is 18.2 Å². The Kier molecular flexibility index (Phi) is 3.10. The fourth-order valence-corrected chi connectivity index (χ4v) is 1.61. The predicted octanol–water partition coefficient (Wildman–Crippen LogP) is 2.98. The number of benzene rings is 2. The van der Waals surface area contributed by atoms with Gasteiger partial charge in [-0.3, -0.25) is 4.79 Å². The first-order chi connectivity index (χ1) is 8.18. The van der Waals surface area contributed by atoms with Gasteiger partial charge in [0.1, 0.15) is 0 Å². The highest BCUT2D eigenvalue weighted by Crippen LogP contribution is 2.36. The van der Waals surface area contributed by atoms with E-state index in [1.807, 2.05) is 30.3 Å². The van der Waals surface area contributed by atoms with Crippen LogP contribution in [0.2, 0.25) is 0 Å². The molecule has 2 rings (SSSR count). The summed E-state index contributed by atoms with van der Waals surface area (Å²) in [5, 5.41) is 10.0. The second kappa shape index (κ2) is 4.70. The maximum Gasteiger partial charge on any atom is 0.308 e. The normalized spacial score (nSPS) is 9.94. The van der Waals surface area contributed by atoms with Gasteiger partial charge in [0.2, 0.25) is 0 Å². The van der Waals surface area contributed by atoms with Crippen molar-refractivity contribution in [2.75, 3.05) is 0 Å². The van der Waals surface area contributed by atoms with Crippen LogP contribution >= 0.6 is 0 Å². The zero-order valence-corrected chi connectivity index (χ0v) is 9.38. The molecule has 0 atom stereocenters. The molecule has 3 nitrogen and oxygen atoms in total. The van der Waals surface area contributed by atoms with Gasteiger partial charge in [-0.2, -0.15) is 0 Å². The van der Waals surface area contributed by atoms with Gasteiger partial charge in [-0.1, -0.05) is 42.5 Å². The molecule has 1 N–H and O–H groups in total. The summed E-state index contributed by atoms with van der Waals surface area (Å²) in [4.78, 5) is 10.9. The van der Waals surface area contributed by atoms with Gasteiger partial charge in [0.15, 0.2) is 11.5 Å². The van der Waals surface area contributed by atoms with E-state index in [0.717, 1.165) is 5.56 Å². The minimum absolute atomic E-state index is 0.0195. The maximum atomic E-state index is 10.9. The molecule has 0 saturated carbocycles. The van der Waals surface area contributed by atoms with Crippen LogP contribution in [0, 0.1) is 0 Å². The predicted molar refractivity (Wildman–Crippen MR) is 64.9 cm³/mol. The lowest BCUT2D eigenvalue weighted by Gasteiger charge is -2.09. The highest BCUT2D eigenvalue weighted by atomic mass is 16.5. The molecule has 0 amide bonds. The van der Waals surface area contributed by atoms with Gasteiger partial charge >= 0.3 is 5.97 Å². The topological polar surface area (TPSA) is 46.5 Å². The smallest absolute Gasteiger partial charge is 0.308 e. The molecule has 0 bridgehead atoms. The number of esters is 1. The zero-order chi connectivity index (χ0) is 12.3. The fraction of sp³-hybridized carbons (Fsp3) is 0.0714. The molecule has 2 aromatic carbocycles. The van der Waals surface area contributed by atoms with E-state index < -0.39 is 5.97 Å². The van der Waals surface area contributed by atoms with Crippen LogP contribution < -0.4 is 4.74 Å². The van der Waals surface area contributed by atoms with Crippen LogP contribution in [-0.2, 0) is 4.79 Å². The lowest BCUT2D eigenvalue weighted by atomic mass is 10.0. The molecular formula is C14H12O3. The Morgan fingerprint density at radius 2 is 1.76 bits per heavy atom. The van der Waals surface area contributed by atoms with Crippen LogP contribution in [0.25, 0.3) is 11.1 Å². The first-order valence-electron chi connectivity index (χ1n) is 5.24. The van der Waals surface area contributed by atoms with Gasteiger partial charge in [-0.15, -0.1) is 0 Å². The Labute approximate surface area is 99.3 Å². The second-order valence-corrected chi connectivity index (χ2v) is 3.61. The van der Waals surface area contributed by atoms with Gasteiger partial charge in [-0.25, -0.2) is 0 Å². The third-order valence-corrected chi connectivity index (χ3v) is 2.34. The summed E-state index contributed by atoms with van der Waals surface area (Å²) in [6, 6.07) is 14.5. The van der Waals surface area contributed by atoms with E-state index in [1.165, 1.54) is 6.92 Å². The van der Waals surface area contributed by atoms with E-state index in [-0.39, 0.29) is 11.5 Å². The SMILES string of the molecule is CC(=O)Oc1cccc(-c2ccccc2)c1O. The Hall–Kier alpha value is -2.29. The van der Waals surface area contributed by atoms with E-state index in [2.05, 4.69) is 0 Å². The van der Waals surface area contributed by atoms with Crippen molar-refractivity contribution in [3.05, 3.63) is 48.5 Å². The van der Waals surface area contributed by atoms with Crippen molar-refractivity contribution >= 4 is 5.97 Å². The molecule has 0 aliphatic heterocycles. The molecule has 3 heteroatoms. The molecule has 0 spiro atoms. The number of para-hydroxylation sites is 1.